The fourth-order valence-electron chi connectivity index (χ4n) is 4.42. The number of ketones is 1. The molecule has 3 heterocycles. The van der Waals surface area contributed by atoms with Gasteiger partial charge >= 0.3 is 5.97 Å². The van der Waals surface area contributed by atoms with Crippen molar-refractivity contribution in [3.8, 4) is 0 Å². The van der Waals surface area contributed by atoms with Crippen molar-refractivity contribution in [2.75, 3.05) is 13.2 Å². The molecule has 1 aliphatic carbocycles. The number of ether oxygens (including phenoxy) is 2. The first-order chi connectivity index (χ1) is 15.4. The lowest BCUT2D eigenvalue weighted by Crippen LogP contribution is -2.40. The van der Waals surface area contributed by atoms with Crippen LogP contribution in [-0.2, 0) is 25.7 Å². The molecule has 0 spiro atoms. The molecule has 2 aromatic heterocycles. The van der Waals surface area contributed by atoms with Gasteiger partial charge in [-0.2, -0.15) is 0 Å². The number of imidazole rings is 1. The number of carbonyl (C=O) groups is 2. The third-order valence-electron chi connectivity index (χ3n) is 5.70. The number of Topliss-reactive ketones (excluding diaryl/α,β-unsaturated/α-hetero) is 1. The first-order valence-electron chi connectivity index (χ1n) is 10.8. The highest BCUT2D eigenvalue weighted by atomic mass is 16.5. The Morgan fingerprint density at radius 1 is 1.22 bits per heavy atom. The molecule has 32 heavy (non-hydrogen) atoms. The van der Waals surface area contributed by atoms with E-state index in [0.717, 1.165) is 17.0 Å². The Kier molecular flexibility index (Phi) is 6.23. The molecule has 4 rings (SSSR count). The molecule has 0 saturated heterocycles. The van der Waals surface area contributed by atoms with Crippen molar-refractivity contribution in [2.45, 2.75) is 46.1 Å². The minimum atomic E-state index is -0.548. The Bertz CT molecular complexity index is 1050. The van der Waals surface area contributed by atoms with Crippen LogP contribution in [0.1, 0.15) is 50.8 Å². The number of nitrogens with zero attached hydrogens (tertiary/aromatic N) is 2. The SMILES string of the molecule is CCOC(=O)C1=C(COCc2cnc[nH]2)NC2=C(C(=O)CC(C)(C)C2)C1c1cccnc1. The van der Waals surface area contributed by atoms with E-state index in [-0.39, 0.29) is 24.4 Å². The summed E-state index contributed by atoms with van der Waals surface area (Å²) in [4.78, 5) is 37.7. The van der Waals surface area contributed by atoms with E-state index >= 15 is 0 Å². The Morgan fingerprint density at radius 3 is 2.75 bits per heavy atom. The van der Waals surface area contributed by atoms with Crippen LogP contribution in [0.25, 0.3) is 0 Å². The number of aromatic amines is 1. The van der Waals surface area contributed by atoms with Gasteiger partial charge in [-0.3, -0.25) is 9.78 Å². The molecule has 8 nitrogen and oxygen atoms in total. The molecule has 0 saturated carbocycles. The number of nitrogens with one attached hydrogen (secondary N) is 2. The molecule has 168 valence electrons. The Morgan fingerprint density at radius 2 is 2.06 bits per heavy atom. The zero-order valence-electron chi connectivity index (χ0n) is 18.6. The normalized spacial score (nSPS) is 20.1. The summed E-state index contributed by atoms with van der Waals surface area (Å²) in [7, 11) is 0. The summed E-state index contributed by atoms with van der Waals surface area (Å²) < 4.78 is 11.3. The van der Waals surface area contributed by atoms with Crippen molar-refractivity contribution in [3.05, 3.63) is 70.8 Å². The van der Waals surface area contributed by atoms with E-state index in [2.05, 4.69) is 34.1 Å². The fraction of sp³-hybridized carbons (Fsp3) is 0.417. The monoisotopic (exact) mass is 436 g/mol. The van der Waals surface area contributed by atoms with E-state index in [1.165, 1.54) is 0 Å². The predicted molar refractivity (Wildman–Crippen MR) is 117 cm³/mol. The number of hydrogen-bond donors (Lipinski definition) is 2. The molecule has 0 amide bonds. The molecule has 2 aliphatic rings. The van der Waals surface area contributed by atoms with Crippen LogP contribution in [0.3, 0.4) is 0 Å². The molecule has 0 bridgehead atoms. The molecule has 8 heteroatoms. The highest BCUT2D eigenvalue weighted by molar-refractivity contribution is 6.04. The van der Waals surface area contributed by atoms with Gasteiger partial charge in [0.2, 0.25) is 0 Å². The topological polar surface area (TPSA) is 106 Å². The van der Waals surface area contributed by atoms with Gasteiger partial charge < -0.3 is 19.8 Å². The zero-order chi connectivity index (χ0) is 22.7. The van der Waals surface area contributed by atoms with Crippen LogP contribution in [-0.4, -0.2) is 39.9 Å². The van der Waals surface area contributed by atoms with Crippen LogP contribution in [0, 0.1) is 5.41 Å². The lowest BCUT2D eigenvalue weighted by Gasteiger charge is -2.39. The average Bonchev–Trinajstić information content (AvgIpc) is 3.26. The van der Waals surface area contributed by atoms with Gasteiger partial charge in [0, 0.05) is 36.0 Å². The fourth-order valence-corrected chi connectivity index (χ4v) is 4.42. The van der Waals surface area contributed by atoms with Gasteiger partial charge in [-0.15, -0.1) is 0 Å². The maximum absolute atomic E-state index is 13.3. The van der Waals surface area contributed by atoms with E-state index in [9.17, 15) is 9.59 Å². The first-order valence-corrected chi connectivity index (χ1v) is 10.8. The largest absolute Gasteiger partial charge is 0.463 e. The Hall–Kier alpha value is -3.26. The number of hydrogen-bond acceptors (Lipinski definition) is 7. The first kappa shape index (κ1) is 22.0. The van der Waals surface area contributed by atoms with Crippen molar-refractivity contribution in [2.24, 2.45) is 5.41 Å². The van der Waals surface area contributed by atoms with Crippen molar-refractivity contribution in [1.82, 2.24) is 20.3 Å². The number of carbonyl (C=O) groups excluding carboxylic acids is 2. The number of H-pyrrole nitrogens is 1. The van der Waals surface area contributed by atoms with Crippen LogP contribution in [0.5, 0.6) is 0 Å². The molecule has 1 aliphatic heterocycles. The van der Waals surface area contributed by atoms with E-state index < -0.39 is 11.9 Å². The predicted octanol–water partition coefficient (Wildman–Crippen LogP) is 3.17. The summed E-state index contributed by atoms with van der Waals surface area (Å²) in [5.74, 6) is -0.969. The minimum Gasteiger partial charge on any atom is -0.463 e. The summed E-state index contributed by atoms with van der Waals surface area (Å²) in [6, 6.07) is 3.70. The minimum absolute atomic E-state index is 0.0387. The Labute approximate surface area is 187 Å². The summed E-state index contributed by atoms with van der Waals surface area (Å²) in [5, 5.41) is 3.38. The highest BCUT2D eigenvalue weighted by Gasteiger charge is 2.43. The molecule has 0 fully saturated rings. The molecule has 1 unspecified atom stereocenters. The second kappa shape index (κ2) is 9.08. The van der Waals surface area contributed by atoms with Gasteiger partial charge in [0.05, 0.1) is 49.3 Å². The third-order valence-corrected chi connectivity index (χ3v) is 5.70. The van der Waals surface area contributed by atoms with E-state index in [4.69, 9.17) is 9.47 Å². The van der Waals surface area contributed by atoms with Crippen LogP contribution in [0.4, 0.5) is 0 Å². The maximum Gasteiger partial charge on any atom is 0.336 e. The van der Waals surface area contributed by atoms with E-state index in [1.54, 1.807) is 31.8 Å². The second-order valence-electron chi connectivity index (χ2n) is 8.86. The molecular weight excluding hydrogens is 408 g/mol. The van der Waals surface area contributed by atoms with Crippen molar-refractivity contribution in [3.63, 3.8) is 0 Å². The van der Waals surface area contributed by atoms with Gasteiger partial charge in [0.25, 0.3) is 0 Å². The van der Waals surface area contributed by atoms with Gasteiger partial charge in [-0.05, 0) is 30.4 Å². The third kappa shape index (κ3) is 4.50. The summed E-state index contributed by atoms with van der Waals surface area (Å²) in [6.45, 7) is 6.63. The van der Waals surface area contributed by atoms with E-state index in [1.807, 2.05) is 12.1 Å². The van der Waals surface area contributed by atoms with Crippen molar-refractivity contribution >= 4 is 11.8 Å². The molecule has 2 N–H and O–H groups in total. The number of dihydropyridines is 1. The molecule has 1 atom stereocenters. The quantitative estimate of drug-likeness (QED) is 0.642. The number of pyridine rings is 1. The van der Waals surface area contributed by atoms with Gasteiger partial charge in [0.1, 0.15) is 0 Å². The zero-order valence-corrected chi connectivity index (χ0v) is 18.6. The smallest absolute Gasteiger partial charge is 0.336 e. The van der Waals surface area contributed by atoms with Gasteiger partial charge in [-0.1, -0.05) is 19.9 Å². The number of esters is 1. The Balaban J connectivity index is 1.77. The molecule has 2 aromatic rings. The highest BCUT2D eigenvalue weighted by Crippen LogP contribution is 2.46. The van der Waals surface area contributed by atoms with E-state index in [0.29, 0.717) is 36.3 Å². The second-order valence-corrected chi connectivity index (χ2v) is 8.86. The molecular formula is C24H28N4O4. The van der Waals surface area contributed by atoms with Crippen molar-refractivity contribution < 1.29 is 19.1 Å². The molecule has 0 aromatic carbocycles. The summed E-state index contributed by atoms with van der Waals surface area (Å²) in [6.07, 6.45) is 7.78. The van der Waals surface area contributed by atoms with Gasteiger partial charge in [-0.25, -0.2) is 9.78 Å². The lowest BCUT2D eigenvalue weighted by atomic mass is 9.69. The summed E-state index contributed by atoms with van der Waals surface area (Å²) >= 11 is 0. The van der Waals surface area contributed by atoms with Crippen LogP contribution in [0.15, 0.2) is 59.6 Å². The van der Waals surface area contributed by atoms with Crippen molar-refractivity contribution in [1.29, 1.82) is 0 Å². The van der Waals surface area contributed by atoms with Gasteiger partial charge in [0.15, 0.2) is 5.78 Å². The standard InChI is InChI=1S/C24H28N4O4/c1-4-32-23(30)22-18(13-31-12-16-11-26-14-27-16)28-17-8-24(2,3)9-19(29)21(17)20(22)15-6-5-7-25-10-15/h5-7,10-11,14,20,28H,4,8-9,12-13H2,1-3H3,(H,26,27). The summed E-state index contributed by atoms with van der Waals surface area (Å²) in [5.41, 5.74) is 3.91. The number of aromatic nitrogens is 3. The van der Waals surface area contributed by atoms with Crippen LogP contribution < -0.4 is 5.32 Å². The maximum atomic E-state index is 13.3. The van der Waals surface area contributed by atoms with Crippen LogP contribution >= 0.6 is 0 Å². The number of allylic oxidation sites excluding steroid dienone is 2. The average molecular weight is 437 g/mol. The molecule has 0 radical (unpaired) electrons. The number of rotatable bonds is 7. The lowest BCUT2D eigenvalue weighted by molar-refractivity contribution is -0.139. The van der Waals surface area contributed by atoms with Crippen LogP contribution in [0.2, 0.25) is 0 Å².